The topological polar surface area (TPSA) is 84.2 Å². The van der Waals surface area contributed by atoms with Crippen molar-refractivity contribution in [1.82, 2.24) is 5.32 Å². The van der Waals surface area contributed by atoms with Crippen molar-refractivity contribution in [3.8, 4) is 0 Å². The predicted molar refractivity (Wildman–Crippen MR) is 70.9 cm³/mol. The zero-order valence-corrected chi connectivity index (χ0v) is 10.5. The number of nitrogens with one attached hydrogen (secondary N) is 2. The van der Waals surface area contributed by atoms with E-state index in [0.717, 1.165) is 30.8 Å². The van der Waals surface area contributed by atoms with E-state index in [1.54, 1.807) is 0 Å². The SMILES string of the molecule is CC(=O)Nc1ccc(CNCCCC(N)=O)cc1. The molecule has 0 aliphatic carbocycles. The number of primary amides is 1. The summed E-state index contributed by atoms with van der Waals surface area (Å²) in [5, 5.41) is 5.93. The van der Waals surface area contributed by atoms with Crippen LogP contribution in [-0.2, 0) is 16.1 Å². The molecule has 5 heteroatoms. The largest absolute Gasteiger partial charge is 0.370 e. The lowest BCUT2D eigenvalue weighted by atomic mass is 10.2. The van der Waals surface area contributed by atoms with Gasteiger partial charge < -0.3 is 16.4 Å². The van der Waals surface area contributed by atoms with Gasteiger partial charge in [-0.05, 0) is 30.7 Å². The fraction of sp³-hybridized carbons (Fsp3) is 0.385. The van der Waals surface area contributed by atoms with Crippen molar-refractivity contribution in [3.63, 3.8) is 0 Å². The Balaban J connectivity index is 2.26. The van der Waals surface area contributed by atoms with Crippen LogP contribution < -0.4 is 16.4 Å². The minimum atomic E-state index is -0.267. The van der Waals surface area contributed by atoms with Crippen molar-refractivity contribution in [2.24, 2.45) is 5.73 Å². The van der Waals surface area contributed by atoms with Gasteiger partial charge in [-0.25, -0.2) is 0 Å². The number of hydrogen-bond acceptors (Lipinski definition) is 3. The summed E-state index contributed by atoms with van der Waals surface area (Å²) < 4.78 is 0. The molecule has 4 N–H and O–H groups in total. The maximum atomic E-state index is 10.8. The number of nitrogens with two attached hydrogens (primary N) is 1. The molecule has 0 aliphatic rings. The van der Waals surface area contributed by atoms with Gasteiger partial charge in [-0.15, -0.1) is 0 Å². The first kappa shape index (κ1) is 14.2. The van der Waals surface area contributed by atoms with Gasteiger partial charge in [0.05, 0.1) is 0 Å². The van der Waals surface area contributed by atoms with Gasteiger partial charge in [0.25, 0.3) is 0 Å². The smallest absolute Gasteiger partial charge is 0.221 e. The summed E-state index contributed by atoms with van der Waals surface area (Å²) in [5.74, 6) is -0.344. The van der Waals surface area contributed by atoms with Crippen LogP contribution in [0.5, 0.6) is 0 Å². The third-order valence-corrected chi connectivity index (χ3v) is 2.38. The van der Waals surface area contributed by atoms with Crippen molar-refractivity contribution in [3.05, 3.63) is 29.8 Å². The maximum Gasteiger partial charge on any atom is 0.221 e. The van der Waals surface area contributed by atoms with Crippen LogP contribution in [0, 0.1) is 0 Å². The third-order valence-electron chi connectivity index (χ3n) is 2.38. The molecule has 1 rings (SSSR count). The van der Waals surface area contributed by atoms with Crippen molar-refractivity contribution >= 4 is 17.5 Å². The maximum absolute atomic E-state index is 10.8. The van der Waals surface area contributed by atoms with Gasteiger partial charge in [0, 0.05) is 25.6 Å². The first-order valence-electron chi connectivity index (χ1n) is 5.93. The van der Waals surface area contributed by atoms with Crippen LogP contribution in [0.1, 0.15) is 25.3 Å². The van der Waals surface area contributed by atoms with E-state index in [2.05, 4.69) is 10.6 Å². The second-order valence-electron chi connectivity index (χ2n) is 4.12. The van der Waals surface area contributed by atoms with E-state index < -0.39 is 0 Å². The standard InChI is InChI=1S/C13H19N3O2/c1-10(17)16-12-6-4-11(5-7-12)9-15-8-2-3-13(14)18/h4-7,15H,2-3,8-9H2,1H3,(H2,14,18)(H,16,17). The van der Waals surface area contributed by atoms with Gasteiger partial charge in [0.2, 0.25) is 11.8 Å². The minimum absolute atomic E-state index is 0.0765. The highest BCUT2D eigenvalue weighted by Gasteiger charge is 1.97. The van der Waals surface area contributed by atoms with Crippen LogP contribution in [0.2, 0.25) is 0 Å². The van der Waals surface area contributed by atoms with Crippen LogP contribution in [0.3, 0.4) is 0 Å². The Morgan fingerprint density at radius 2 is 1.89 bits per heavy atom. The van der Waals surface area contributed by atoms with Crippen molar-refractivity contribution in [2.75, 3.05) is 11.9 Å². The summed E-state index contributed by atoms with van der Waals surface area (Å²) in [6, 6.07) is 7.63. The molecule has 0 spiro atoms. The number of benzene rings is 1. The number of anilines is 1. The third kappa shape index (κ3) is 6.00. The first-order valence-corrected chi connectivity index (χ1v) is 5.93. The normalized spacial score (nSPS) is 10.1. The molecule has 0 saturated carbocycles. The summed E-state index contributed by atoms with van der Waals surface area (Å²) in [5.41, 5.74) is 6.96. The summed E-state index contributed by atoms with van der Waals surface area (Å²) >= 11 is 0. The van der Waals surface area contributed by atoms with Crippen LogP contribution >= 0.6 is 0 Å². The van der Waals surface area contributed by atoms with Crippen molar-refractivity contribution < 1.29 is 9.59 Å². The molecule has 1 aromatic rings. The molecule has 0 radical (unpaired) electrons. The number of hydrogen-bond donors (Lipinski definition) is 3. The molecule has 0 saturated heterocycles. The van der Waals surface area contributed by atoms with Gasteiger partial charge in [0.1, 0.15) is 0 Å². The summed E-state index contributed by atoms with van der Waals surface area (Å²) in [6.07, 6.45) is 1.16. The molecule has 18 heavy (non-hydrogen) atoms. The predicted octanol–water partition coefficient (Wildman–Crippen LogP) is 1.00. The Bertz CT molecular complexity index is 401. The fourth-order valence-electron chi connectivity index (χ4n) is 1.53. The molecule has 98 valence electrons. The number of carbonyl (C=O) groups excluding carboxylic acids is 2. The Hall–Kier alpha value is -1.88. The van der Waals surface area contributed by atoms with E-state index in [9.17, 15) is 9.59 Å². The van der Waals surface area contributed by atoms with Gasteiger partial charge >= 0.3 is 0 Å². The van der Waals surface area contributed by atoms with Crippen molar-refractivity contribution in [1.29, 1.82) is 0 Å². The van der Waals surface area contributed by atoms with Gasteiger partial charge in [0.15, 0.2) is 0 Å². The molecule has 0 aliphatic heterocycles. The van der Waals surface area contributed by atoms with Gasteiger partial charge in [-0.2, -0.15) is 0 Å². The molecule has 0 bridgehead atoms. The molecular formula is C13H19N3O2. The Morgan fingerprint density at radius 1 is 1.22 bits per heavy atom. The fourth-order valence-corrected chi connectivity index (χ4v) is 1.53. The molecule has 0 atom stereocenters. The molecule has 5 nitrogen and oxygen atoms in total. The first-order chi connectivity index (χ1) is 8.58. The van der Waals surface area contributed by atoms with Crippen LogP contribution in [-0.4, -0.2) is 18.4 Å². The lowest BCUT2D eigenvalue weighted by Gasteiger charge is -2.06. The van der Waals surface area contributed by atoms with Gasteiger partial charge in [-0.3, -0.25) is 9.59 Å². The summed E-state index contributed by atoms with van der Waals surface area (Å²) in [4.78, 5) is 21.4. The van der Waals surface area contributed by atoms with E-state index in [1.807, 2.05) is 24.3 Å². The Kier molecular flexibility index (Phi) is 5.87. The van der Waals surface area contributed by atoms with Crippen LogP contribution in [0.25, 0.3) is 0 Å². The summed E-state index contributed by atoms with van der Waals surface area (Å²) in [7, 11) is 0. The van der Waals surface area contributed by atoms with E-state index in [4.69, 9.17) is 5.73 Å². The monoisotopic (exact) mass is 249 g/mol. The molecule has 2 amide bonds. The highest BCUT2D eigenvalue weighted by atomic mass is 16.1. The molecule has 1 aromatic carbocycles. The van der Waals surface area contributed by atoms with Crippen LogP contribution in [0.15, 0.2) is 24.3 Å². The van der Waals surface area contributed by atoms with E-state index in [-0.39, 0.29) is 11.8 Å². The highest BCUT2D eigenvalue weighted by Crippen LogP contribution is 2.09. The van der Waals surface area contributed by atoms with Crippen LogP contribution in [0.4, 0.5) is 5.69 Å². The van der Waals surface area contributed by atoms with E-state index >= 15 is 0 Å². The molecule has 0 fully saturated rings. The molecule has 0 heterocycles. The van der Waals surface area contributed by atoms with Gasteiger partial charge in [-0.1, -0.05) is 12.1 Å². The number of amides is 2. The Labute approximate surface area is 107 Å². The molecular weight excluding hydrogens is 230 g/mol. The average Bonchev–Trinajstić information content (AvgIpc) is 2.30. The second kappa shape index (κ2) is 7.45. The van der Waals surface area contributed by atoms with Crippen molar-refractivity contribution in [2.45, 2.75) is 26.3 Å². The Morgan fingerprint density at radius 3 is 2.44 bits per heavy atom. The second-order valence-corrected chi connectivity index (χ2v) is 4.12. The minimum Gasteiger partial charge on any atom is -0.370 e. The zero-order valence-electron chi connectivity index (χ0n) is 10.5. The lowest BCUT2D eigenvalue weighted by molar-refractivity contribution is -0.118. The lowest BCUT2D eigenvalue weighted by Crippen LogP contribution is -2.18. The highest BCUT2D eigenvalue weighted by molar-refractivity contribution is 5.88. The number of rotatable bonds is 7. The summed E-state index contributed by atoms with van der Waals surface area (Å²) in [6.45, 7) is 2.98. The molecule has 0 aromatic heterocycles. The van der Waals surface area contributed by atoms with E-state index in [1.165, 1.54) is 6.92 Å². The molecule has 0 unspecified atom stereocenters. The number of carbonyl (C=O) groups is 2. The average molecular weight is 249 g/mol. The quantitative estimate of drug-likeness (QED) is 0.630. The zero-order chi connectivity index (χ0) is 13.4. The van der Waals surface area contributed by atoms with E-state index in [0.29, 0.717) is 6.42 Å².